The quantitative estimate of drug-likeness (QED) is 0.568. The van der Waals surface area contributed by atoms with Gasteiger partial charge < -0.3 is 21.7 Å². The predicted molar refractivity (Wildman–Crippen MR) is 59.8 cm³/mol. The van der Waals surface area contributed by atoms with Gasteiger partial charge in [-0.15, -0.1) is 0 Å². The van der Waals surface area contributed by atoms with E-state index in [2.05, 4.69) is 20.9 Å². The summed E-state index contributed by atoms with van der Waals surface area (Å²) in [5, 5.41) is 7.41. The summed E-state index contributed by atoms with van der Waals surface area (Å²) in [6, 6.07) is 0.0538. The molecule has 1 aromatic rings. The number of rotatable bonds is 5. The van der Waals surface area contributed by atoms with Crippen LogP contribution in [0.2, 0.25) is 0 Å². The summed E-state index contributed by atoms with van der Waals surface area (Å²) < 4.78 is 26.3. The van der Waals surface area contributed by atoms with Crippen molar-refractivity contribution in [1.82, 2.24) is 10.3 Å². The molecule has 2 amide bonds. The van der Waals surface area contributed by atoms with Crippen molar-refractivity contribution in [2.45, 2.75) is 0 Å². The minimum atomic E-state index is -0.805. The summed E-state index contributed by atoms with van der Waals surface area (Å²) in [5.74, 6) is -1.73. The lowest BCUT2D eigenvalue weighted by atomic mass is 10.4. The topological polar surface area (TPSA) is 92.1 Å². The Kier molecular flexibility index (Phi) is 4.44. The molecule has 1 aromatic heterocycles. The molecule has 6 nitrogen and oxygen atoms in total. The van der Waals surface area contributed by atoms with Crippen LogP contribution in [0.4, 0.5) is 25.2 Å². The van der Waals surface area contributed by atoms with Gasteiger partial charge in [-0.2, -0.15) is 0 Å². The van der Waals surface area contributed by atoms with Crippen LogP contribution in [-0.2, 0) is 0 Å². The van der Waals surface area contributed by atoms with E-state index in [1.807, 2.05) is 0 Å². The summed E-state index contributed by atoms with van der Waals surface area (Å²) in [6.45, 7) is 0.435. The first-order valence-corrected chi connectivity index (χ1v) is 4.85. The number of aromatic nitrogens is 1. The van der Waals surface area contributed by atoms with Crippen molar-refractivity contribution in [3.05, 3.63) is 17.7 Å². The third kappa shape index (κ3) is 3.74. The van der Waals surface area contributed by atoms with Crippen LogP contribution in [0.15, 0.2) is 6.07 Å². The molecule has 0 aromatic carbocycles. The molecule has 94 valence electrons. The highest BCUT2D eigenvalue weighted by atomic mass is 19.1. The third-order valence-electron chi connectivity index (χ3n) is 1.88. The summed E-state index contributed by atoms with van der Waals surface area (Å²) in [7, 11) is 1.47. The maximum Gasteiger partial charge on any atom is 0.312 e. The summed E-state index contributed by atoms with van der Waals surface area (Å²) in [4.78, 5) is 14.0. The number of carbonyl (C=O) groups is 1. The molecule has 0 aliphatic heterocycles. The van der Waals surface area contributed by atoms with Crippen molar-refractivity contribution in [3.8, 4) is 0 Å². The zero-order chi connectivity index (χ0) is 12.8. The largest absolute Gasteiger partial charge is 0.371 e. The van der Waals surface area contributed by atoms with E-state index in [9.17, 15) is 13.6 Å². The first-order valence-electron chi connectivity index (χ1n) is 4.85. The van der Waals surface area contributed by atoms with E-state index < -0.39 is 17.7 Å². The van der Waals surface area contributed by atoms with Crippen molar-refractivity contribution in [3.63, 3.8) is 0 Å². The minimum Gasteiger partial charge on any atom is -0.371 e. The molecule has 0 atom stereocenters. The molecule has 0 saturated heterocycles. The molecule has 0 saturated carbocycles. The monoisotopic (exact) mass is 245 g/mol. The van der Waals surface area contributed by atoms with Crippen LogP contribution in [-0.4, -0.2) is 31.2 Å². The summed E-state index contributed by atoms with van der Waals surface area (Å²) in [5.41, 5.74) is 4.84. The molecule has 17 heavy (non-hydrogen) atoms. The number of hydrogen-bond donors (Lipinski definition) is 4. The molecule has 0 aliphatic carbocycles. The Balaban J connectivity index is 2.61. The number of primary amides is 1. The van der Waals surface area contributed by atoms with Crippen LogP contribution in [0, 0.1) is 11.6 Å². The number of pyridine rings is 1. The van der Waals surface area contributed by atoms with Gasteiger partial charge in [0.15, 0.2) is 23.3 Å². The van der Waals surface area contributed by atoms with E-state index in [0.29, 0.717) is 0 Å². The number of nitrogens with zero attached hydrogens (tertiary/aromatic N) is 1. The number of nitrogens with two attached hydrogens (primary N) is 1. The van der Waals surface area contributed by atoms with Gasteiger partial charge >= 0.3 is 6.03 Å². The second-order valence-corrected chi connectivity index (χ2v) is 3.12. The lowest BCUT2D eigenvalue weighted by Gasteiger charge is -2.09. The number of anilines is 2. The van der Waals surface area contributed by atoms with E-state index in [4.69, 9.17) is 5.73 Å². The fourth-order valence-electron chi connectivity index (χ4n) is 1.13. The molecule has 0 bridgehead atoms. The third-order valence-corrected chi connectivity index (χ3v) is 1.88. The lowest BCUT2D eigenvalue weighted by Crippen LogP contribution is -2.33. The molecule has 0 unspecified atom stereocenters. The van der Waals surface area contributed by atoms with Gasteiger partial charge in [-0.1, -0.05) is 0 Å². The minimum absolute atomic E-state index is 0.0586. The average molecular weight is 245 g/mol. The average Bonchev–Trinajstić information content (AvgIpc) is 2.26. The van der Waals surface area contributed by atoms with Gasteiger partial charge in [0.05, 0.1) is 0 Å². The Bertz CT molecular complexity index is 413. The second kappa shape index (κ2) is 5.83. The Hall–Kier alpha value is -2.12. The van der Waals surface area contributed by atoms with Gasteiger partial charge in [-0.05, 0) is 0 Å². The standard InChI is InChI=1S/C9H13F2N5O/c1-13-7-5(10)4-6(11)8(16-7)14-2-3-15-9(12)17/h4H,2-3H2,1H3,(H3,12,15,17)(H2,13,14,16). The fraction of sp³-hybridized carbons (Fsp3) is 0.333. The Labute approximate surface area is 96.6 Å². The molecule has 8 heteroatoms. The van der Waals surface area contributed by atoms with Gasteiger partial charge in [-0.25, -0.2) is 18.6 Å². The van der Waals surface area contributed by atoms with E-state index in [0.717, 1.165) is 6.07 Å². The van der Waals surface area contributed by atoms with E-state index in [-0.39, 0.29) is 24.7 Å². The smallest absolute Gasteiger partial charge is 0.312 e. The summed E-state index contributed by atoms with van der Waals surface area (Å²) in [6.07, 6.45) is 0. The van der Waals surface area contributed by atoms with E-state index in [1.165, 1.54) is 7.05 Å². The Morgan fingerprint density at radius 1 is 1.35 bits per heavy atom. The SMILES string of the molecule is CNc1nc(NCCNC(N)=O)c(F)cc1F. The van der Waals surface area contributed by atoms with Crippen molar-refractivity contribution >= 4 is 17.7 Å². The van der Waals surface area contributed by atoms with Gasteiger partial charge in [0.2, 0.25) is 0 Å². The number of amides is 2. The molecule has 1 heterocycles. The number of halogens is 2. The number of nitrogens with one attached hydrogen (secondary N) is 3. The molecule has 1 rings (SSSR count). The normalized spacial score (nSPS) is 9.82. The van der Waals surface area contributed by atoms with Crippen LogP contribution in [0.25, 0.3) is 0 Å². The highest BCUT2D eigenvalue weighted by Crippen LogP contribution is 2.17. The number of carbonyl (C=O) groups excluding carboxylic acids is 1. The van der Waals surface area contributed by atoms with Crippen molar-refractivity contribution in [2.24, 2.45) is 5.73 Å². The molecule has 0 spiro atoms. The van der Waals surface area contributed by atoms with Gasteiger partial charge in [0, 0.05) is 26.2 Å². The first-order chi connectivity index (χ1) is 8.04. The molecular formula is C9H13F2N5O. The first kappa shape index (κ1) is 12.9. The molecular weight excluding hydrogens is 232 g/mol. The number of urea groups is 1. The molecule has 5 N–H and O–H groups in total. The van der Waals surface area contributed by atoms with Crippen LogP contribution >= 0.6 is 0 Å². The highest BCUT2D eigenvalue weighted by Gasteiger charge is 2.10. The molecule has 0 aliphatic rings. The van der Waals surface area contributed by atoms with Crippen molar-refractivity contribution < 1.29 is 13.6 Å². The lowest BCUT2D eigenvalue weighted by molar-refractivity contribution is 0.249. The molecule has 0 radical (unpaired) electrons. The van der Waals surface area contributed by atoms with Gasteiger partial charge in [0.25, 0.3) is 0 Å². The van der Waals surface area contributed by atoms with E-state index in [1.54, 1.807) is 0 Å². The van der Waals surface area contributed by atoms with Crippen LogP contribution < -0.4 is 21.7 Å². The van der Waals surface area contributed by atoms with Crippen molar-refractivity contribution in [2.75, 3.05) is 30.8 Å². The van der Waals surface area contributed by atoms with E-state index >= 15 is 0 Å². The Morgan fingerprint density at radius 3 is 2.59 bits per heavy atom. The predicted octanol–water partition coefficient (Wildman–Crippen LogP) is 0.482. The summed E-state index contributed by atoms with van der Waals surface area (Å²) >= 11 is 0. The molecule has 0 fully saturated rings. The fourth-order valence-corrected chi connectivity index (χ4v) is 1.13. The number of hydrogen-bond acceptors (Lipinski definition) is 4. The maximum absolute atomic E-state index is 13.2. The van der Waals surface area contributed by atoms with Crippen molar-refractivity contribution in [1.29, 1.82) is 0 Å². The maximum atomic E-state index is 13.2. The zero-order valence-electron chi connectivity index (χ0n) is 9.18. The Morgan fingerprint density at radius 2 is 2.00 bits per heavy atom. The van der Waals surface area contributed by atoms with Gasteiger partial charge in [-0.3, -0.25) is 0 Å². The van der Waals surface area contributed by atoms with Crippen LogP contribution in [0.3, 0.4) is 0 Å². The zero-order valence-corrected chi connectivity index (χ0v) is 9.18. The van der Waals surface area contributed by atoms with Crippen LogP contribution in [0.5, 0.6) is 0 Å². The van der Waals surface area contributed by atoms with Gasteiger partial charge in [0.1, 0.15) is 0 Å². The second-order valence-electron chi connectivity index (χ2n) is 3.12. The van der Waals surface area contributed by atoms with Crippen LogP contribution in [0.1, 0.15) is 0 Å². The highest BCUT2D eigenvalue weighted by molar-refractivity contribution is 5.71.